The molecule has 3 N–H and O–H groups in total. The molecule has 0 bridgehead atoms. The van der Waals surface area contributed by atoms with Crippen molar-refractivity contribution in [2.45, 2.75) is 68.2 Å². The fourth-order valence-corrected chi connectivity index (χ4v) is 4.83. The second kappa shape index (κ2) is 8.57. The lowest BCUT2D eigenvalue weighted by atomic mass is 9.68. The van der Waals surface area contributed by atoms with Crippen LogP contribution in [0.2, 0.25) is 0 Å². The monoisotopic (exact) mass is 419 g/mol. The van der Waals surface area contributed by atoms with Gasteiger partial charge in [0.05, 0.1) is 0 Å². The molecule has 0 aromatic carbocycles. The summed E-state index contributed by atoms with van der Waals surface area (Å²) in [5.74, 6) is -7.43. The van der Waals surface area contributed by atoms with E-state index in [9.17, 15) is 22.4 Å². The first-order chi connectivity index (χ1) is 13.2. The van der Waals surface area contributed by atoms with E-state index in [0.717, 1.165) is 11.9 Å². The van der Waals surface area contributed by atoms with Crippen LogP contribution in [0.3, 0.4) is 0 Å². The molecule has 2 fully saturated rings. The molecule has 1 unspecified atom stereocenters. The summed E-state index contributed by atoms with van der Waals surface area (Å²) in [5.41, 5.74) is 0.438. The highest BCUT2D eigenvalue weighted by molar-refractivity contribution is 7.97. The SMILES string of the molecule is NSc1cc(NC(=O)[C@@H]2CC(F)(F)CC[C@H]2C2CCCC(F)(F)CC2)ccn1. The van der Waals surface area contributed by atoms with E-state index in [-0.39, 0.29) is 43.9 Å². The van der Waals surface area contributed by atoms with Crippen LogP contribution in [0.15, 0.2) is 23.4 Å². The number of carbonyl (C=O) groups is 1. The van der Waals surface area contributed by atoms with Gasteiger partial charge >= 0.3 is 0 Å². The normalized spacial score (nSPS) is 29.7. The number of pyridine rings is 1. The van der Waals surface area contributed by atoms with Gasteiger partial charge in [-0.25, -0.2) is 22.5 Å². The summed E-state index contributed by atoms with van der Waals surface area (Å²) in [6.07, 6.45) is 1.61. The number of nitrogens with one attached hydrogen (secondary N) is 1. The smallest absolute Gasteiger partial charge is 0.248 e. The Bertz CT molecular complexity index is 704. The van der Waals surface area contributed by atoms with E-state index in [1.54, 1.807) is 12.1 Å². The number of alkyl halides is 4. The number of hydrogen-bond acceptors (Lipinski definition) is 4. The third-order valence-corrected chi connectivity index (χ3v) is 6.41. The molecule has 1 amide bonds. The highest BCUT2D eigenvalue weighted by Gasteiger charge is 2.47. The Morgan fingerprint density at radius 2 is 1.89 bits per heavy atom. The summed E-state index contributed by atoms with van der Waals surface area (Å²) >= 11 is 0.917. The minimum absolute atomic E-state index is 0.132. The number of anilines is 1. The van der Waals surface area contributed by atoms with Crippen molar-refractivity contribution in [3.05, 3.63) is 18.3 Å². The van der Waals surface area contributed by atoms with E-state index in [1.807, 2.05) is 0 Å². The zero-order valence-electron chi connectivity index (χ0n) is 15.5. The summed E-state index contributed by atoms with van der Waals surface area (Å²) in [6, 6.07) is 3.14. The van der Waals surface area contributed by atoms with Crippen molar-refractivity contribution in [2.75, 3.05) is 5.32 Å². The Kier molecular flexibility index (Phi) is 6.54. The van der Waals surface area contributed by atoms with Crippen LogP contribution >= 0.6 is 11.9 Å². The van der Waals surface area contributed by atoms with Crippen LogP contribution in [0.4, 0.5) is 23.2 Å². The van der Waals surface area contributed by atoms with Crippen LogP contribution in [0.1, 0.15) is 51.4 Å². The van der Waals surface area contributed by atoms with Crippen molar-refractivity contribution in [3.8, 4) is 0 Å². The van der Waals surface area contributed by atoms with Gasteiger partial charge in [0.25, 0.3) is 0 Å². The number of carbonyl (C=O) groups excluding carboxylic acids is 1. The number of amides is 1. The molecule has 2 aliphatic carbocycles. The molecule has 2 aliphatic rings. The van der Waals surface area contributed by atoms with Gasteiger partial charge in [0.1, 0.15) is 5.03 Å². The molecule has 0 saturated heterocycles. The molecule has 156 valence electrons. The van der Waals surface area contributed by atoms with E-state index in [1.165, 1.54) is 6.20 Å². The Morgan fingerprint density at radius 3 is 2.64 bits per heavy atom. The average Bonchev–Trinajstić information content (AvgIpc) is 2.82. The molecule has 3 atom stereocenters. The lowest BCUT2D eigenvalue weighted by Crippen LogP contribution is -2.42. The van der Waals surface area contributed by atoms with Gasteiger partial charge in [0.2, 0.25) is 17.8 Å². The predicted octanol–water partition coefficient (Wildman–Crippen LogP) is 5.25. The van der Waals surface area contributed by atoms with E-state index in [2.05, 4.69) is 10.3 Å². The van der Waals surface area contributed by atoms with Gasteiger partial charge in [0, 0.05) is 43.5 Å². The van der Waals surface area contributed by atoms with Crippen LogP contribution in [0.5, 0.6) is 0 Å². The van der Waals surface area contributed by atoms with Gasteiger partial charge in [-0.2, -0.15) is 0 Å². The van der Waals surface area contributed by atoms with Gasteiger partial charge in [-0.15, -0.1) is 0 Å². The molecule has 2 saturated carbocycles. The quantitative estimate of drug-likeness (QED) is 0.397. The number of halogens is 4. The van der Waals surface area contributed by atoms with Crippen molar-refractivity contribution in [1.29, 1.82) is 0 Å². The molecule has 3 rings (SSSR count). The molecular weight excluding hydrogens is 394 g/mol. The van der Waals surface area contributed by atoms with E-state index in [0.29, 0.717) is 23.6 Å². The van der Waals surface area contributed by atoms with Gasteiger partial charge in [-0.1, -0.05) is 0 Å². The summed E-state index contributed by atoms with van der Waals surface area (Å²) < 4.78 is 55.6. The molecule has 4 nitrogen and oxygen atoms in total. The standard InChI is InChI=1S/C19H25F4N3OS/c20-18(21)6-1-2-12(3-7-18)14-4-8-19(22,23)11-15(14)17(27)26-13-5-9-25-16(10-13)28-24/h5,9-10,12,14-15H,1-4,6-8,11,24H2,(H,25,26,27)/t12?,14-,15+/m0/s1. The second-order valence-corrected chi connectivity index (χ2v) is 8.56. The number of aromatic nitrogens is 1. The maximum atomic E-state index is 14.1. The van der Waals surface area contributed by atoms with Crippen LogP contribution in [0.25, 0.3) is 0 Å². The van der Waals surface area contributed by atoms with Crippen molar-refractivity contribution in [3.63, 3.8) is 0 Å². The number of nitrogens with two attached hydrogens (primary N) is 1. The second-order valence-electron chi connectivity index (χ2n) is 7.91. The average molecular weight is 419 g/mol. The summed E-state index contributed by atoms with van der Waals surface area (Å²) in [5, 5.41) is 8.66. The first-order valence-electron chi connectivity index (χ1n) is 9.58. The zero-order chi connectivity index (χ0) is 20.4. The predicted molar refractivity (Wildman–Crippen MR) is 100 cm³/mol. The minimum atomic E-state index is -2.91. The summed E-state index contributed by atoms with van der Waals surface area (Å²) in [4.78, 5) is 16.9. The largest absolute Gasteiger partial charge is 0.326 e. The molecular formula is C19H25F4N3OS. The Labute approximate surface area is 166 Å². The van der Waals surface area contributed by atoms with Crippen LogP contribution < -0.4 is 10.5 Å². The van der Waals surface area contributed by atoms with Gasteiger partial charge in [0.15, 0.2) is 0 Å². The van der Waals surface area contributed by atoms with Gasteiger partial charge in [-0.05, 0) is 61.6 Å². The lowest BCUT2D eigenvalue weighted by molar-refractivity contribution is -0.134. The summed E-state index contributed by atoms with van der Waals surface area (Å²) in [6.45, 7) is 0. The van der Waals surface area contributed by atoms with Crippen molar-refractivity contribution in [1.82, 2.24) is 4.98 Å². The molecule has 1 aromatic heterocycles. The van der Waals surface area contributed by atoms with Crippen LogP contribution in [-0.2, 0) is 4.79 Å². The Balaban J connectivity index is 1.76. The van der Waals surface area contributed by atoms with E-state index >= 15 is 0 Å². The van der Waals surface area contributed by atoms with E-state index < -0.39 is 30.1 Å². The maximum absolute atomic E-state index is 14.1. The van der Waals surface area contributed by atoms with Crippen molar-refractivity contribution < 1.29 is 22.4 Å². The lowest BCUT2D eigenvalue weighted by Gasteiger charge is -2.39. The molecule has 0 spiro atoms. The van der Waals surface area contributed by atoms with Crippen molar-refractivity contribution in [2.24, 2.45) is 22.9 Å². The van der Waals surface area contributed by atoms with Crippen LogP contribution in [0, 0.1) is 17.8 Å². The van der Waals surface area contributed by atoms with Crippen molar-refractivity contribution >= 4 is 23.5 Å². The van der Waals surface area contributed by atoms with Gasteiger partial charge in [-0.3, -0.25) is 9.93 Å². The van der Waals surface area contributed by atoms with Crippen LogP contribution in [-0.4, -0.2) is 22.7 Å². The fourth-order valence-electron chi connectivity index (χ4n) is 4.51. The first-order valence-corrected chi connectivity index (χ1v) is 10.5. The molecule has 1 aromatic rings. The Hall–Kier alpha value is -1.35. The Morgan fingerprint density at radius 1 is 1.14 bits per heavy atom. The number of hydrogen-bond donors (Lipinski definition) is 2. The third-order valence-electron chi connectivity index (χ3n) is 5.94. The highest BCUT2D eigenvalue weighted by atomic mass is 32.2. The highest BCUT2D eigenvalue weighted by Crippen LogP contribution is 2.48. The number of nitrogens with zero attached hydrogens (tertiary/aromatic N) is 1. The van der Waals surface area contributed by atoms with Gasteiger partial charge < -0.3 is 5.32 Å². The molecule has 9 heteroatoms. The topological polar surface area (TPSA) is 68.0 Å². The molecule has 28 heavy (non-hydrogen) atoms. The number of rotatable bonds is 4. The molecule has 0 radical (unpaired) electrons. The molecule has 0 aliphatic heterocycles. The molecule has 1 heterocycles. The zero-order valence-corrected chi connectivity index (χ0v) is 16.3. The minimum Gasteiger partial charge on any atom is -0.326 e. The summed E-state index contributed by atoms with van der Waals surface area (Å²) in [7, 11) is 0. The third kappa shape index (κ3) is 5.37. The van der Waals surface area contributed by atoms with E-state index in [4.69, 9.17) is 5.14 Å². The fraction of sp³-hybridized carbons (Fsp3) is 0.684. The maximum Gasteiger partial charge on any atom is 0.248 e. The first kappa shape index (κ1) is 21.4.